The van der Waals surface area contributed by atoms with E-state index in [2.05, 4.69) is 10.2 Å². The number of rotatable bonds is 4. The molecule has 0 saturated carbocycles. The van der Waals surface area contributed by atoms with Gasteiger partial charge in [0, 0.05) is 33.6 Å². The van der Waals surface area contributed by atoms with E-state index in [0.29, 0.717) is 28.9 Å². The van der Waals surface area contributed by atoms with Crippen LogP contribution < -0.4 is 10.1 Å². The number of piperidine rings is 1. The highest BCUT2D eigenvalue weighted by molar-refractivity contribution is 6.31. The maximum absolute atomic E-state index is 12.6. The molecule has 0 bridgehead atoms. The van der Waals surface area contributed by atoms with Crippen LogP contribution in [0.5, 0.6) is 11.5 Å². The molecule has 0 radical (unpaired) electrons. The molecule has 0 spiro atoms. The zero-order valence-corrected chi connectivity index (χ0v) is 17.3. The molecule has 1 amide bonds. The van der Waals surface area contributed by atoms with Crippen molar-refractivity contribution in [3.63, 3.8) is 0 Å². The predicted octanol–water partition coefficient (Wildman–Crippen LogP) is 4.42. The summed E-state index contributed by atoms with van der Waals surface area (Å²) in [5, 5.41) is 13.8. The first-order chi connectivity index (χ1) is 14.0. The maximum atomic E-state index is 12.6. The van der Waals surface area contributed by atoms with Gasteiger partial charge in [0.25, 0.3) is 0 Å². The first-order valence-electron chi connectivity index (χ1n) is 9.53. The topological polar surface area (TPSA) is 71.0 Å². The number of nitrogens with one attached hydrogen (secondary N) is 1. The maximum Gasteiger partial charge on any atom is 0.227 e. The molecule has 29 heavy (non-hydrogen) atoms. The molecule has 2 aliphatic heterocycles. The number of benzene rings is 2. The standard InChI is InChI=1S/C21H22Cl2N2O4/c22-16-1-2-19(26)18(9-16)24-21(27)13-3-5-25(6-4-13)10-14-7-17(23)8-15-11-28-12-29-20(14)15/h1-2,7-9,13,26H,3-6,10-12H2,(H,24,27). The van der Waals surface area contributed by atoms with Gasteiger partial charge in [-0.25, -0.2) is 0 Å². The lowest BCUT2D eigenvalue weighted by atomic mass is 9.95. The Morgan fingerprint density at radius 3 is 2.76 bits per heavy atom. The number of phenols is 1. The molecule has 0 atom stereocenters. The van der Waals surface area contributed by atoms with Crippen LogP contribution in [0.4, 0.5) is 5.69 Å². The van der Waals surface area contributed by atoms with E-state index in [0.717, 1.165) is 42.8 Å². The summed E-state index contributed by atoms with van der Waals surface area (Å²) in [5.74, 6) is 0.664. The van der Waals surface area contributed by atoms with Crippen LogP contribution in [0.3, 0.4) is 0 Å². The fraction of sp³-hybridized carbons (Fsp3) is 0.381. The molecule has 4 rings (SSSR count). The molecule has 2 aliphatic rings. The van der Waals surface area contributed by atoms with Gasteiger partial charge < -0.3 is 19.9 Å². The van der Waals surface area contributed by atoms with Crippen LogP contribution in [-0.4, -0.2) is 35.8 Å². The molecule has 0 aliphatic carbocycles. The van der Waals surface area contributed by atoms with Crippen molar-refractivity contribution in [2.45, 2.75) is 26.0 Å². The Labute approximate surface area is 179 Å². The molecular formula is C21H22Cl2N2O4. The number of ether oxygens (including phenoxy) is 2. The number of hydrogen-bond donors (Lipinski definition) is 2. The molecule has 6 nitrogen and oxygen atoms in total. The lowest BCUT2D eigenvalue weighted by Crippen LogP contribution is -2.38. The van der Waals surface area contributed by atoms with Gasteiger partial charge in [-0.1, -0.05) is 23.2 Å². The monoisotopic (exact) mass is 436 g/mol. The summed E-state index contributed by atoms with van der Waals surface area (Å²) in [6.07, 6.45) is 1.47. The number of carbonyl (C=O) groups excluding carboxylic acids is 1. The number of aromatic hydroxyl groups is 1. The van der Waals surface area contributed by atoms with Crippen molar-refractivity contribution < 1.29 is 19.4 Å². The number of nitrogens with zero attached hydrogens (tertiary/aromatic N) is 1. The summed E-state index contributed by atoms with van der Waals surface area (Å²) >= 11 is 12.2. The van der Waals surface area contributed by atoms with Gasteiger partial charge in [0.1, 0.15) is 11.5 Å². The van der Waals surface area contributed by atoms with Crippen LogP contribution in [-0.2, 0) is 22.7 Å². The lowest BCUT2D eigenvalue weighted by molar-refractivity contribution is -0.121. The normalized spacial score (nSPS) is 17.4. The molecule has 1 saturated heterocycles. The van der Waals surface area contributed by atoms with Gasteiger partial charge in [0.05, 0.1) is 12.3 Å². The fourth-order valence-corrected chi connectivity index (χ4v) is 4.25. The number of carbonyl (C=O) groups is 1. The van der Waals surface area contributed by atoms with Crippen molar-refractivity contribution in [1.29, 1.82) is 0 Å². The van der Waals surface area contributed by atoms with Crippen LogP contribution >= 0.6 is 23.2 Å². The predicted molar refractivity (Wildman–Crippen MR) is 111 cm³/mol. The van der Waals surface area contributed by atoms with Gasteiger partial charge in [-0.05, 0) is 56.3 Å². The molecule has 2 N–H and O–H groups in total. The summed E-state index contributed by atoms with van der Waals surface area (Å²) in [6, 6.07) is 8.42. The van der Waals surface area contributed by atoms with Gasteiger partial charge in [0.15, 0.2) is 6.79 Å². The molecular weight excluding hydrogens is 415 g/mol. The highest BCUT2D eigenvalue weighted by Crippen LogP contribution is 2.33. The number of anilines is 1. The van der Waals surface area contributed by atoms with Gasteiger partial charge >= 0.3 is 0 Å². The van der Waals surface area contributed by atoms with Gasteiger partial charge in [-0.15, -0.1) is 0 Å². The second kappa shape index (κ2) is 8.79. The Balaban J connectivity index is 1.36. The summed E-state index contributed by atoms with van der Waals surface area (Å²) < 4.78 is 11.0. The van der Waals surface area contributed by atoms with Crippen molar-refractivity contribution in [2.24, 2.45) is 5.92 Å². The molecule has 1 fully saturated rings. The molecule has 0 aromatic heterocycles. The SMILES string of the molecule is O=C(Nc1cc(Cl)ccc1O)C1CCN(Cc2cc(Cl)cc3c2OCOC3)CC1. The molecule has 2 aromatic carbocycles. The Morgan fingerprint density at radius 1 is 1.17 bits per heavy atom. The highest BCUT2D eigenvalue weighted by Gasteiger charge is 2.27. The van der Waals surface area contributed by atoms with Gasteiger partial charge in [-0.3, -0.25) is 9.69 Å². The minimum atomic E-state index is -0.109. The Hall–Kier alpha value is -1.99. The van der Waals surface area contributed by atoms with E-state index in [4.69, 9.17) is 32.7 Å². The van der Waals surface area contributed by atoms with Crippen LogP contribution in [0.2, 0.25) is 10.0 Å². The Morgan fingerprint density at radius 2 is 1.97 bits per heavy atom. The lowest BCUT2D eigenvalue weighted by Gasteiger charge is -2.32. The molecule has 2 heterocycles. The quantitative estimate of drug-likeness (QED) is 0.694. The van der Waals surface area contributed by atoms with Crippen molar-refractivity contribution in [3.05, 3.63) is 51.5 Å². The summed E-state index contributed by atoms with van der Waals surface area (Å²) in [7, 11) is 0. The van der Waals surface area contributed by atoms with Crippen molar-refractivity contribution in [1.82, 2.24) is 4.90 Å². The number of hydrogen-bond acceptors (Lipinski definition) is 5. The largest absolute Gasteiger partial charge is 0.506 e. The second-order valence-corrected chi connectivity index (χ2v) is 8.24. The van der Waals surface area contributed by atoms with Crippen molar-refractivity contribution in [2.75, 3.05) is 25.2 Å². The van der Waals surface area contributed by atoms with E-state index in [1.165, 1.54) is 6.07 Å². The van der Waals surface area contributed by atoms with Crippen molar-refractivity contribution >= 4 is 34.8 Å². The summed E-state index contributed by atoms with van der Waals surface area (Å²) in [6.45, 7) is 3.04. The second-order valence-electron chi connectivity index (χ2n) is 7.36. The number of phenolic OH excluding ortho intramolecular Hbond substituents is 1. The van der Waals surface area contributed by atoms with Crippen molar-refractivity contribution in [3.8, 4) is 11.5 Å². The van der Waals surface area contributed by atoms with E-state index in [1.807, 2.05) is 12.1 Å². The minimum absolute atomic E-state index is 0.00916. The molecule has 8 heteroatoms. The third-order valence-corrected chi connectivity index (χ3v) is 5.77. The number of fused-ring (bicyclic) bond motifs is 1. The average molecular weight is 437 g/mol. The van der Waals surface area contributed by atoms with Crippen LogP contribution in [0.1, 0.15) is 24.0 Å². The van der Waals surface area contributed by atoms with Crippen LogP contribution in [0, 0.1) is 5.92 Å². The van der Waals surface area contributed by atoms with E-state index in [1.54, 1.807) is 12.1 Å². The first kappa shape index (κ1) is 20.3. The number of amides is 1. The van der Waals surface area contributed by atoms with E-state index < -0.39 is 0 Å². The van der Waals surface area contributed by atoms with E-state index >= 15 is 0 Å². The van der Waals surface area contributed by atoms with Gasteiger partial charge in [-0.2, -0.15) is 0 Å². The zero-order valence-electron chi connectivity index (χ0n) is 15.8. The molecule has 154 valence electrons. The van der Waals surface area contributed by atoms with Crippen LogP contribution in [0.15, 0.2) is 30.3 Å². The smallest absolute Gasteiger partial charge is 0.227 e. The van der Waals surface area contributed by atoms with Crippen LogP contribution in [0.25, 0.3) is 0 Å². The fourth-order valence-electron chi connectivity index (χ4n) is 3.81. The number of likely N-dealkylation sites (tertiary alicyclic amines) is 1. The first-order valence-corrected chi connectivity index (χ1v) is 10.3. The number of halogens is 2. The van der Waals surface area contributed by atoms with Gasteiger partial charge in [0.2, 0.25) is 5.91 Å². The third kappa shape index (κ3) is 4.78. The highest BCUT2D eigenvalue weighted by atomic mass is 35.5. The average Bonchev–Trinajstić information content (AvgIpc) is 2.71. The summed E-state index contributed by atoms with van der Waals surface area (Å²) in [4.78, 5) is 14.9. The Bertz CT molecular complexity index is 914. The molecule has 0 unspecified atom stereocenters. The summed E-state index contributed by atoms with van der Waals surface area (Å²) in [5.41, 5.74) is 2.35. The van der Waals surface area contributed by atoms with E-state index in [9.17, 15) is 9.90 Å². The Kier molecular flexibility index (Phi) is 6.15. The zero-order chi connectivity index (χ0) is 20.4. The molecule has 2 aromatic rings. The van der Waals surface area contributed by atoms with E-state index in [-0.39, 0.29) is 24.4 Å². The minimum Gasteiger partial charge on any atom is -0.506 e. The third-order valence-electron chi connectivity index (χ3n) is 5.32.